The average Bonchev–Trinajstić information content (AvgIpc) is 2.71. The third-order valence-corrected chi connectivity index (χ3v) is 6.50. The topological polar surface area (TPSA) is 84.0 Å². The van der Waals surface area contributed by atoms with Crippen LogP contribution in [0.1, 0.15) is 35.9 Å². The Kier molecular flexibility index (Phi) is 7.16. The zero-order chi connectivity index (χ0) is 21.8. The number of amides is 1. The molecular weight excluding hydrogens is 392 g/mol. The Hall–Kier alpha value is -2.71. The molecule has 156 valence electrons. The zero-order valence-corrected chi connectivity index (χ0v) is 18.0. The number of carbonyl (C=O) groups excluding carboxylic acids is 2. The van der Waals surface area contributed by atoms with Gasteiger partial charge in [-0.25, -0.2) is 13.2 Å². The molecular formula is C21H26N2O5S. The summed E-state index contributed by atoms with van der Waals surface area (Å²) in [4.78, 5) is 26.6. The van der Waals surface area contributed by atoms with Crippen LogP contribution in [0.5, 0.6) is 0 Å². The Balaban J connectivity index is 2.35. The third-order valence-electron chi connectivity index (χ3n) is 4.47. The second-order valence-corrected chi connectivity index (χ2v) is 9.07. The van der Waals surface area contributed by atoms with Crippen LogP contribution in [0, 0.1) is 0 Å². The fourth-order valence-electron chi connectivity index (χ4n) is 2.53. The quantitative estimate of drug-likeness (QED) is 0.646. The Labute approximate surface area is 171 Å². The van der Waals surface area contributed by atoms with Gasteiger partial charge in [0, 0.05) is 32.7 Å². The Morgan fingerprint density at radius 3 is 2.10 bits per heavy atom. The SMILES string of the molecule is CC(C)N(C)S(=O)(=O)c1cccc(C(=O)O[C@@H](C(=O)N(C)C)c2ccccc2)c1. The number of hydrogen-bond acceptors (Lipinski definition) is 5. The fraction of sp³-hybridized carbons (Fsp3) is 0.333. The molecule has 1 atom stereocenters. The van der Waals surface area contributed by atoms with Crippen LogP contribution in [-0.4, -0.2) is 56.7 Å². The van der Waals surface area contributed by atoms with Crippen LogP contribution in [0.2, 0.25) is 0 Å². The van der Waals surface area contributed by atoms with Crippen molar-refractivity contribution in [3.63, 3.8) is 0 Å². The number of rotatable bonds is 7. The summed E-state index contributed by atoms with van der Waals surface area (Å²) >= 11 is 0. The lowest BCUT2D eigenvalue weighted by atomic mass is 10.1. The maximum Gasteiger partial charge on any atom is 0.339 e. The van der Waals surface area contributed by atoms with Crippen molar-refractivity contribution in [1.82, 2.24) is 9.21 Å². The van der Waals surface area contributed by atoms with Crippen molar-refractivity contribution >= 4 is 21.9 Å². The average molecular weight is 419 g/mol. The van der Waals surface area contributed by atoms with E-state index < -0.39 is 28.0 Å². The van der Waals surface area contributed by atoms with Crippen LogP contribution in [0.15, 0.2) is 59.5 Å². The Morgan fingerprint density at radius 2 is 1.55 bits per heavy atom. The van der Waals surface area contributed by atoms with Gasteiger partial charge in [0.15, 0.2) is 0 Å². The minimum atomic E-state index is -3.75. The lowest BCUT2D eigenvalue weighted by Crippen LogP contribution is -2.33. The van der Waals surface area contributed by atoms with Crippen LogP contribution in [0.25, 0.3) is 0 Å². The van der Waals surface area contributed by atoms with Crippen molar-refractivity contribution < 1.29 is 22.7 Å². The zero-order valence-electron chi connectivity index (χ0n) is 17.2. The van der Waals surface area contributed by atoms with E-state index >= 15 is 0 Å². The molecule has 7 nitrogen and oxygen atoms in total. The number of ether oxygens (including phenoxy) is 1. The monoisotopic (exact) mass is 418 g/mol. The van der Waals surface area contributed by atoms with Crippen molar-refractivity contribution in [2.24, 2.45) is 0 Å². The highest BCUT2D eigenvalue weighted by molar-refractivity contribution is 7.89. The van der Waals surface area contributed by atoms with Crippen molar-refractivity contribution in [2.45, 2.75) is 30.9 Å². The van der Waals surface area contributed by atoms with Gasteiger partial charge in [0.1, 0.15) is 0 Å². The molecule has 1 amide bonds. The first-order valence-electron chi connectivity index (χ1n) is 9.11. The van der Waals surface area contributed by atoms with Gasteiger partial charge in [-0.2, -0.15) is 4.31 Å². The van der Waals surface area contributed by atoms with Gasteiger partial charge in [-0.1, -0.05) is 36.4 Å². The van der Waals surface area contributed by atoms with Crippen LogP contribution in [-0.2, 0) is 19.6 Å². The molecule has 0 aromatic heterocycles. The summed E-state index contributed by atoms with van der Waals surface area (Å²) in [6.45, 7) is 3.51. The van der Waals surface area contributed by atoms with Crippen LogP contribution >= 0.6 is 0 Å². The number of hydrogen-bond donors (Lipinski definition) is 0. The van der Waals surface area contributed by atoms with Crippen molar-refractivity contribution in [1.29, 1.82) is 0 Å². The van der Waals surface area contributed by atoms with E-state index in [9.17, 15) is 18.0 Å². The lowest BCUT2D eigenvalue weighted by Gasteiger charge is -2.22. The molecule has 0 aliphatic carbocycles. The maximum atomic E-state index is 12.7. The van der Waals surface area contributed by atoms with Crippen molar-refractivity contribution in [3.05, 3.63) is 65.7 Å². The van der Waals surface area contributed by atoms with E-state index in [0.29, 0.717) is 5.56 Å². The van der Waals surface area contributed by atoms with E-state index in [1.54, 1.807) is 58.3 Å². The van der Waals surface area contributed by atoms with Crippen LogP contribution in [0.4, 0.5) is 0 Å². The summed E-state index contributed by atoms with van der Waals surface area (Å²) in [6.07, 6.45) is -1.13. The summed E-state index contributed by atoms with van der Waals surface area (Å²) in [7, 11) is 0.865. The molecule has 2 rings (SSSR count). The lowest BCUT2D eigenvalue weighted by molar-refractivity contribution is -0.138. The molecule has 0 saturated carbocycles. The maximum absolute atomic E-state index is 12.7. The van der Waals surface area contributed by atoms with E-state index in [0.717, 1.165) is 0 Å². The molecule has 0 fully saturated rings. The molecule has 0 bridgehead atoms. The van der Waals surface area contributed by atoms with E-state index in [1.165, 1.54) is 40.5 Å². The summed E-state index contributed by atoms with van der Waals surface area (Å²) in [5.74, 6) is -1.17. The predicted molar refractivity (Wildman–Crippen MR) is 110 cm³/mol. The van der Waals surface area contributed by atoms with Gasteiger partial charge in [0.25, 0.3) is 5.91 Å². The van der Waals surface area contributed by atoms with Gasteiger partial charge in [-0.3, -0.25) is 4.79 Å². The summed E-state index contributed by atoms with van der Waals surface area (Å²) in [5, 5.41) is 0. The number of likely N-dealkylation sites (N-methyl/N-ethyl adjacent to an activating group) is 1. The van der Waals surface area contributed by atoms with Crippen molar-refractivity contribution in [3.8, 4) is 0 Å². The highest BCUT2D eigenvalue weighted by Gasteiger charge is 2.28. The van der Waals surface area contributed by atoms with Crippen molar-refractivity contribution in [2.75, 3.05) is 21.1 Å². The normalized spacial score (nSPS) is 12.7. The number of esters is 1. The smallest absolute Gasteiger partial charge is 0.339 e. The first kappa shape index (κ1) is 22.6. The first-order chi connectivity index (χ1) is 13.6. The summed E-state index contributed by atoms with van der Waals surface area (Å²) in [5.41, 5.74) is 0.582. The molecule has 0 radical (unpaired) electrons. The Morgan fingerprint density at radius 1 is 0.931 bits per heavy atom. The minimum Gasteiger partial charge on any atom is -0.444 e. The van der Waals surface area contributed by atoms with E-state index in [4.69, 9.17) is 4.74 Å². The highest BCUT2D eigenvalue weighted by Crippen LogP contribution is 2.23. The number of sulfonamides is 1. The van der Waals surface area contributed by atoms with Crippen LogP contribution in [0.3, 0.4) is 0 Å². The minimum absolute atomic E-state index is 0.0154. The molecule has 0 heterocycles. The molecule has 0 aliphatic heterocycles. The van der Waals surface area contributed by atoms with E-state index in [2.05, 4.69) is 0 Å². The summed E-state index contributed by atoms with van der Waals surface area (Å²) < 4.78 is 32.1. The number of carbonyl (C=O) groups is 2. The Bertz CT molecular complexity index is 972. The molecule has 8 heteroatoms. The third kappa shape index (κ3) is 5.21. The molecule has 29 heavy (non-hydrogen) atoms. The second-order valence-electron chi connectivity index (χ2n) is 7.07. The second kappa shape index (κ2) is 9.19. The summed E-state index contributed by atoms with van der Waals surface area (Å²) in [6, 6.07) is 14.0. The van der Waals surface area contributed by atoms with Gasteiger partial charge < -0.3 is 9.64 Å². The first-order valence-corrected chi connectivity index (χ1v) is 10.5. The largest absolute Gasteiger partial charge is 0.444 e. The van der Waals surface area contributed by atoms with Gasteiger partial charge in [-0.05, 0) is 32.0 Å². The molecule has 0 N–H and O–H groups in total. The molecule has 0 aliphatic rings. The van der Waals surface area contributed by atoms with Crippen LogP contribution < -0.4 is 0 Å². The van der Waals surface area contributed by atoms with E-state index in [1.807, 2.05) is 0 Å². The standard InChI is InChI=1S/C21H26N2O5S/c1-15(2)23(5)29(26,27)18-13-9-12-17(14-18)21(25)28-19(20(24)22(3)4)16-10-7-6-8-11-16/h6-15,19H,1-5H3/t19-/m1/s1. The van der Waals surface area contributed by atoms with Gasteiger partial charge in [0.2, 0.25) is 16.1 Å². The highest BCUT2D eigenvalue weighted by atomic mass is 32.2. The van der Waals surface area contributed by atoms with Gasteiger partial charge in [-0.15, -0.1) is 0 Å². The molecule has 2 aromatic rings. The fourth-order valence-corrected chi connectivity index (χ4v) is 3.94. The number of nitrogens with zero attached hydrogens (tertiary/aromatic N) is 2. The van der Waals surface area contributed by atoms with Gasteiger partial charge in [0.05, 0.1) is 10.5 Å². The predicted octanol–water partition coefficient (Wildman–Crippen LogP) is 2.70. The molecule has 0 unspecified atom stereocenters. The molecule has 0 saturated heterocycles. The van der Waals surface area contributed by atoms with E-state index in [-0.39, 0.29) is 16.5 Å². The molecule has 2 aromatic carbocycles. The van der Waals surface area contributed by atoms with Gasteiger partial charge >= 0.3 is 5.97 Å². The number of benzene rings is 2. The molecule has 0 spiro atoms.